The second-order valence-corrected chi connectivity index (χ2v) is 3.44. The van der Waals surface area contributed by atoms with Crippen molar-refractivity contribution in [3.63, 3.8) is 0 Å². The lowest BCUT2D eigenvalue weighted by Crippen LogP contribution is -2.29. The van der Waals surface area contributed by atoms with Crippen molar-refractivity contribution in [3.8, 4) is 0 Å². The third kappa shape index (κ3) is 2.02. The highest BCUT2D eigenvalue weighted by molar-refractivity contribution is 5.17. The van der Waals surface area contributed by atoms with Crippen LogP contribution in [0.3, 0.4) is 0 Å². The molecule has 0 saturated carbocycles. The Balaban J connectivity index is 2.99. The Morgan fingerprint density at radius 1 is 1.36 bits per heavy atom. The molecule has 0 atom stereocenters. The van der Waals surface area contributed by atoms with Gasteiger partial charge in [0, 0.05) is 6.20 Å². The van der Waals surface area contributed by atoms with Crippen molar-refractivity contribution in [3.05, 3.63) is 29.6 Å². The summed E-state index contributed by atoms with van der Waals surface area (Å²) in [6.45, 7) is 5.91. The third-order valence-electron chi connectivity index (χ3n) is 1.57. The van der Waals surface area contributed by atoms with Crippen molar-refractivity contribution in [2.45, 2.75) is 26.3 Å². The lowest BCUT2D eigenvalue weighted by molar-refractivity contribution is 0.535. The Hall–Kier alpha value is -0.890. The van der Waals surface area contributed by atoms with Crippen molar-refractivity contribution in [2.75, 3.05) is 0 Å². The van der Waals surface area contributed by atoms with E-state index in [-0.39, 0.29) is 5.54 Å². The lowest BCUT2D eigenvalue weighted by Gasteiger charge is -2.17. The highest BCUT2D eigenvalue weighted by atomic mass is 14.8. The molecule has 0 aliphatic rings. The average Bonchev–Trinajstić information content (AvgIpc) is 1.86. The van der Waals surface area contributed by atoms with E-state index in [0.29, 0.717) is 0 Å². The molecular formula is C9H14N2. The van der Waals surface area contributed by atoms with Gasteiger partial charge in [-0.2, -0.15) is 0 Å². The summed E-state index contributed by atoms with van der Waals surface area (Å²) in [5, 5.41) is 0. The number of nitrogens with two attached hydrogens (primary N) is 1. The Morgan fingerprint density at radius 2 is 2.00 bits per heavy atom. The van der Waals surface area contributed by atoms with Crippen molar-refractivity contribution >= 4 is 0 Å². The van der Waals surface area contributed by atoms with E-state index in [0.717, 1.165) is 11.3 Å². The Kier molecular flexibility index (Phi) is 1.96. The third-order valence-corrected chi connectivity index (χ3v) is 1.57. The second-order valence-electron chi connectivity index (χ2n) is 3.44. The van der Waals surface area contributed by atoms with Gasteiger partial charge in [0.25, 0.3) is 0 Å². The largest absolute Gasteiger partial charge is 0.321 e. The van der Waals surface area contributed by atoms with Crippen molar-refractivity contribution < 1.29 is 0 Å². The van der Waals surface area contributed by atoms with Gasteiger partial charge in [-0.1, -0.05) is 6.07 Å². The van der Waals surface area contributed by atoms with Crippen LogP contribution in [-0.2, 0) is 5.54 Å². The van der Waals surface area contributed by atoms with Crippen LogP contribution in [0.1, 0.15) is 25.1 Å². The number of nitrogens with zero attached hydrogens (tertiary/aromatic N) is 1. The van der Waals surface area contributed by atoms with Gasteiger partial charge in [0.05, 0.1) is 11.2 Å². The fourth-order valence-electron chi connectivity index (χ4n) is 0.849. The van der Waals surface area contributed by atoms with Crippen LogP contribution in [-0.4, -0.2) is 4.98 Å². The molecular weight excluding hydrogens is 136 g/mol. The molecule has 60 valence electrons. The molecule has 0 bridgehead atoms. The molecule has 1 heterocycles. The van der Waals surface area contributed by atoms with Gasteiger partial charge in [-0.15, -0.1) is 0 Å². The molecule has 11 heavy (non-hydrogen) atoms. The zero-order valence-corrected chi connectivity index (χ0v) is 7.26. The highest BCUT2D eigenvalue weighted by Gasteiger charge is 2.14. The Morgan fingerprint density at radius 3 is 2.36 bits per heavy atom. The molecule has 1 rings (SSSR count). The minimum absolute atomic E-state index is 0.326. The van der Waals surface area contributed by atoms with E-state index in [2.05, 4.69) is 4.98 Å². The standard InChI is InChI=1S/C9H14N2/c1-7-4-5-8(11-6-7)9(2,3)10/h4-6H,10H2,1-3H3. The van der Waals surface area contributed by atoms with Gasteiger partial charge >= 0.3 is 0 Å². The number of aryl methyl sites for hydroxylation is 1. The molecule has 1 aromatic heterocycles. The minimum Gasteiger partial charge on any atom is -0.321 e. The van der Waals surface area contributed by atoms with E-state index < -0.39 is 0 Å². The smallest absolute Gasteiger partial charge is 0.0596 e. The number of hydrogen-bond donors (Lipinski definition) is 1. The van der Waals surface area contributed by atoms with Crippen LogP contribution in [0.25, 0.3) is 0 Å². The predicted molar refractivity (Wildman–Crippen MR) is 46.2 cm³/mol. The van der Waals surface area contributed by atoms with Gasteiger partial charge in [0.2, 0.25) is 0 Å². The second kappa shape index (κ2) is 2.62. The molecule has 0 aliphatic heterocycles. The van der Waals surface area contributed by atoms with Gasteiger partial charge < -0.3 is 5.73 Å². The van der Waals surface area contributed by atoms with E-state index in [1.165, 1.54) is 0 Å². The lowest BCUT2D eigenvalue weighted by atomic mass is 10.0. The number of aromatic nitrogens is 1. The fraction of sp³-hybridized carbons (Fsp3) is 0.444. The normalized spacial score (nSPS) is 11.6. The molecule has 0 spiro atoms. The monoisotopic (exact) mass is 150 g/mol. The zero-order chi connectivity index (χ0) is 8.48. The molecule has 0 radical (unpaired) electrons. The summed E-state index contributed by atoms with van der Waals surface area (Å²) in [7, 11) is 0. The summed E-state index contributed by atoms with van der Waals surface area (Å²) in [6, 6.07) is 3.99. The first-order chi connectivity index (χ1) is 5.00. The molecule has 2 N–H and O–H groups in total. The zero-order valence-electron chi connectivity index (χ0n) is 7.26. The summed E-state index contributed by atoms with van der Waals surface area (Å²) >= 11 is 0. The average molecular weight is 150 g/mol. The van der Waals surface area contributed by atoms with Gasteiger partial charge in [0.1, 0.15) is 0 Å². The summed E-state index contributed by atoms with van der Waals surface area (Å²) in [5.41, 5.74) is 7.62. The number of rotatable bonds is 1. The molecule has 0 aliphatic carbocycles. The first-order valence-electron chi connectivity index (χ1n) is 3.72. The first-order valence-corrected chi connectivity index (χ1v) is 3.72. The molecule has 0 aromatic carbocycles. The van der Waals surface area contributed by atoms with E-state index in [1.807, 2.05) is 39.1 Å². The first kappa shape index (κ1) is 8.21. The van der Waals surface area contributed by atoms with Crippen molar-refractivity contribution in [2.24, 2.45) is 5.73 Å². The van der Waals surface area contributed by atoms with Crippen LogP contribution in [0.15, 0.2) is 18.3 Å². The molecule has 2 heteroatoms. The van der Waals surface area contributed by atoms with Gasteiger partial charge in [-0.05, 0) is 32.4 Å². The molecule has 1 aromatic rings. The SMILES string of the molecule is Cc1ccc(C(C)(C)N)nc1. The Labute approximate surface area is 67.5 Å². The van der Waals surface area contributed by atoms with E-state index >= 15 is 0 Å². The van der Waals surface area contributed by atoms with Crippen LogP contribution in [0, 0.1) is 6.92 Å². The van der Waals surface area contributed by atoms with Crippen LogP contribution in [0.5, 0.6) is 0 Å². The summed E-state index contributed by atoms with van der Waals surface area (Å²) in [6.07, 6.45) is 1.84. The van der Waals surface area contributed by atoms with Crippen LogP contribution in [0.2, 0.25) is 0 Å². The fourth-order valence-corrected chi connectivity index (χ4v) is 0.849. The van der Waals surface area contributed by atoms with E-state index in [4.69, 9.17) is 5.73 Å². The van der Waals surface area contributed by atoms with Gasteiger partial charge in [0.15, 0.2) is 0 Å². The van der Waals surface area contributed by atoms with Crippen LogP contribution in [0.4, 0.5) is 0 Å². The Bertz CT molecular complexity index is 231. The summed E-state index contributed by atoms with van der Waals surface area (Å²) < 4.78 is 0. The van der Waals surface area contributed by atoms with Crippen molar-refractivity contribution in [1.82, 2.24) is 4.98 Å². The maximum atomic E-state index is 5.84. The highest BCUT2D eigenvalue weighted by Crippen LogP contribution is 2.13. The molecule has 0 fully saturated rings. The van der Waals surface area contributed by atoms with Gasteiger partial charge in [-0.3, -0.25) is 4.98 Å². The number of pyridine rings is 1. The molecule has 2 nitrogen and oxygen atoms in total. The number of hydrogen-bond acceptors (Lipinski definition) is 2. The molecule has 0 amide bonds. The summed E-state index contributed by atoms with van der Waals surface area (Å²) in [4.78, 5) is 4.22. The van der Waals surface area contributed by atoms with Crippen LogP contribution < -0.4 is 5.73 Å². The van der Waals surface area contributed by atoms with Gasteiger partial charge in [-0.25, -0.2) is 0 Å². The topological polar surface area (TPSA) is 38.9 Å². The van der Waals surface area contributed by atoms with E-state index in [9.17, 15) is 0 Å². The van der Waals surface area contributed by atoms with Crippen molar-refractivity contribution in [1.29, 1.82) is 0 Å². The molecule has 0 unspecified atom stereocenters. The minimum atomic E-state index is -0.326. The quantitative estimate of drug-likeness (QED) is 0.660. The predicted octanol–water partition coefficient (Wildman–Crippen LogP) is 1.58. The maximum Gasteiger partial charge on any atom is 0.0596 e. The summed E-state index contributed by atoms with van der Waals surface area (Å²) in [5.74, 6) is 0. The maximum absolute atomic E-state index is 5.84. The molecule has 0 saturated heterocycles. The van der Waals surface area contributed by atoms with E-state index in [1.54, 1.807) is 0 Å². The van der Waals surface area contributed by atoms with Crippen LogP contribution >= 0.6 is 0 Å².